The maximum absolute atomic E-state index is 9.82. The summed E-state index contributed by atoms with van der Waals surface area (Å²) < 4.78 is 5.56. The maximum Gasteiger partial charge on any atom is 0.0619 e. The van der Waals surface area contributed by atoms with Crippen LogP contribution in [0.25, 0.3) is 0 Å². The van der Waals surface area contributed by atoms with Crippen molar-refractivity contribution in [3.63, 3.8) is 0 Å². The van der Waals surface area contributed by atoms with Crippen LogP contribution >= 0.6 is 0 Å². The first-order valence-electron chi connectivity index (χ1n) is 5.38. The van der Waals surface area contributed by atoms with Crippen LogP contribution < -0.4 is 0 Å². The Labute approximate surface area is 81.3 Å². The Morgan fingerprint density at radius 3 is 2.15 bits per heavy atom. The van der Waals surface area contributed by atoms with Crippen molar-refractivity contribution in [2.45, 2.75) is 58.2 Å². The van der Waals surface area contributed by atoms with Crippen LogP contribution in [0.4, 0.5) is 0 Å². The summed E-state index contributed by atoms with van der Waals surface area (Å²) in [7, 11) is 0. The minimum Gasteiger partial charge on any atom is -0.390 e. The smallest absolute Gasteiger partial charge is 0.0619 e. The molecule has 0 atom stereocenters. The van der Waals surface area contributed by atoms with Gasteiger partial charge in [-0.05, 0) is 52.4 Å². The third-order valence-electron chi connectivity index (χ3n) is 3.08. The molecule has 0 aromatic heterocycles. The van der Waals surface area contributed by atoms with Gasteiger partial charge in [0.15, 0.2) is 0 Å². The molecule has 13 heavy (non-hydrogen) atoms. The highest BCUT2D eigenvalue weighted by Crippen LogP contribution is 2.33. The molecule has 0 aromatic rings. The lowest BCUT2D eigenvalue weighted by molar-refractivity contribution is -0.0361. The van der Waals surface area contributed by atoms with Gasteiger partial charge in [-0.3, -0.25) is 0 Å². The van der Waals surface area contributed by atoms with Crippen LogP contribution in [0, 0.1) is 5.92 Å². The summed E-state index contributed by atoms with van der Waals surface area (Å²) in [6, 6.07) is 0. The largest absolute Gasteiger partial charge is 0.390 e. The van der Waals surface area contributed by atoms with Crippen LogP contribution in [-0.4, -0.2) is 23.4 Å². The number of hydrogen-bond acceptors (Lipinski definition) is 2. The van der Waals surface area contributed by atoms with Crippen molar-refractivity contribution in [2.75, 3.05) is 6.61 Å². The average Bonchev–Trinajstić information content (AvgIpc) is 2.04. The van der Waals surface area contributed by atoms with Crippen LogP contribution in [-0.2, 0) is 4.74 Å². The van der Waals surface area contributed by atoms with Crippen molar-refractivity contribution in [3.05, 3.63) is 0 Å². The summed E-state index contributed by atoms with van der Waals surface area (Å²) in [4.78, 5) is 0. The molecule has 0 spiro atoms. The summed E-state index contributed by atoms with van der Waals surface area (Å²) in [6.45, 7) is 6.69. The van der Waals surface area contributed by atoms with Gasteiger partial charge in [-0.15, -0.1) is 0 Å². The number of aliphatic hydroxyl groups is 1. The van der Waals surface area contributed by atoms with Crippen molar-refractivity contribution in [1.82, 2.24) is 0 Å². The predicted molar refractivity (Wildman–Crippen MR) is 53.7 cm³/mol. The van der Waals surface area contributed by atoms with Gasteiger partial charge < -0.3 is 9.84 Å². The van der Waals surface area contributed by atoms with E-state index in [0.29, 0.717) is 12.0 Å². The number of rotatable bonds is 3. The monoisotopic (exact) mass is 186 g/mol. The van der Waals surface area contributed by atoms with E-state index < -0.39 is 5.60 Å². The highest BCUT2D eigenvalue weighted by molar-refractivity contribution is 4.83. The van der Waals surface area contributed by atoms with Crippen LogP contribution in [0.3, 0.4) is 0 Å². The van der Waals surface area contributed by atoms with E-state index in [4.69, 9.17) is 4.74 Å². The first kappa shape index (κ1) is 11.0. The van der Waals surface area contributed by atoms with E-state index in [2.05, 4.69) is 0 Å². The Balaban J connectivity index is 2.30. The Kier molecular flexibility index (Phi) is 3.74. The van der Waals surface area contributed by atoms with E-state index in [1.807, 2.05) is 20.8 Å². The molecular formula is C11H22O2. The van der Waals surface area contributed by atoms with E-state index in [-0.39, 0.29) is 0 Å². The number of hydrogen-bond donors (Lipinski definition) is 1. The molecule has 1 fully saturated rings. The molecule has 0 saturated heterocycles. The first-order valence-corrected chi connectivity index (χ1v) is 5.38. The van der Waals surface area contributed by atoms with E-state index in [1.165, 1.54) is 0 Å². The molecule has 78 valence electrons. The number of ether oxygens (including phenoxy) is 1. The standard InChI is InChI=1S/C11H22O2/c1-4-13-10-7-5-9(6-8-10)11(2,3)12/h9-10,12H,4-8H2,1-3H3. The minimum atomic E-state index is -0.503. The van der Waals surface area contributed by atoms with E-state index >= 15 is 0 Å². The molecule has 0 radical (unpaired) electrons. The van der Waals surface area contributed by atoms with E-state index in [1.54, 1.807) is 0 Å². The Hall–Kier alpha value is -0.0800. The molecule has 0 aromatic carbocycles. The Morgan fingerprint density at radius 2 is 1.77 bits per heavy atom. The van der Waals surface area contributed by atoms with Gasteiger partial charge in [-0.25, -0.2) is 0 Å². The maximum atomic E-state index is 9.82. The fourth-order valence-electron chi connectivity index (χ4n) is 2.17. The van der Waals surface area contributed by atoms with Gasteiger partial charge >= 0.3 is 0 Å². The van der Waals surface area contributed by atoms with Gasteiger partial charge in [0.2, 0.25) is 0 Å². The van der Waals surface area contributed by atoms with Crippen molar-refractivity contribution >= 4 is 0 Å². The van der Waals surface area contributed by atoms with Gasteiger partial charge in [0, 0.05) is 6.61 Å². The lowest BCUT2D eigenvalue weighted by Gasteiger charge is -2.35. The lowest BCUT2D eigenvalue weighted by Crippen LogP contribution is -2.35. The topological polar surface area (TPSA) is 29.5 Å². The van der Waals surface area contributed by atoms with Crippen LogP contribution in [0.5, 0.6) is 0 Å². The summed E-state index contributed by atoms with van der Waals surface area (Å²) in [6.07, 6.45) is 4.89. The zero-order chi connectivity index (χ0) is 9.90. The summed E-state index contributed by atoms with van der Waals surface area (Å²) in [5, 5.41) is 9.82. The highest BCUT2D eigenvalue weighted by atomic mass is 16.5. The van der Waals surface area contributed by atoms with Gasteiger partial charge in [-0.2, -0.15) is 0 Å². The molecule has 0 amide bonds. The highest BCUT2D eigenvalue weighted by Gasteiger charge is 2.31. The molecule has 0 aliphatic heterocycles. The molecule has 1 saturated carbocycles. The molecule has 2 nitrogen and oxygen atoms in total. The predicted octanol–water partition coefficient (Wildman–Crippen LogP) is 2.35. The van der Waals surface area contributed by atoms with Gasteiger partial charge in [-0.1, -0.05) is 0 Å². The van der Waals surface area contributed by atoms with Gasteiger partial charge in [0.05, 0.1) is 11.7 Å². The first-order chi connectivity index (χ1) is 6.04. The second-order valence-electron chi connectivity index (χ2n) is 4.58. The molecule has 1 aliphatic carbocycles. The second-order valence-corrected chi connectivity index (χ2v) is 4.58. The Morgan fingerprint density at radius 1 is 1.23 bits per heavy atom. The zero-order valence-corrected chi connectivity index (χ0v) is 9.05. The summed E-state index contributed by atoms with van der Waals surface area (Å²) >= 11 is 0. The normalized spacial score (nSPS) is 30.5. The third-order valence-corrected chi connectivity index (χ3v) is 3.08. The SMILES string of the molecule is CCOC1CCC(C(C)(C)O)CC1. The fraction of sp³-hybridized carbons (Fsp3) is 1.00. The molecular weight excluding hydrogens is 164 g/mol. The zero-order valence-electron chi connectivity index (χ0n) is 9.05. The van der Waals surface area contributed by atoms with Gasteiger partial charge in [0.25, 0.3) is 0 Å². The van der Waals surface area contributed by atoms with Crippen LogP contribution in [0.15, 0.2) is 0 Å². The molecule has 0 bridgehead atoms. The minimum absolute atomic E-state index is 0.448. The molecule has 2 heteroatoms. The third kappa shape index (κ3) is 3.28. The van der Waals surface area contributed by atoms with Gasteiger partial charge in [0.1, 0.15) is 0 Å². The lowest BCUT2D eigenvalue weighted by atomic mass is 9.78. The van der Waals surface area contributed by atoms with E-state index in [9.17, 15) is 5.11 Å². The molecule has 0 unspecified atom stereocenters. The summed E-state index contributed by atoms with van der Waals surface area (Å²) in [5.74, 6) is 0.462. The van der Waals surface area contributed by atoms with Crippen LogP contribution in [0.2, 0.25) is 0 Å². The Bertz CT molecular complexity index is 141. The van der Waals surface area contributed by atoms with Crippen molar-refractivity contribution in [3.8, 4) is 0 Å². The second kappa shape index (κ2) is 4.43. The van der Waals surface area contributed by atoms with E-state index in [0.717, 1.165) is 32.3 Å². The molecule has 1 aliphatic rings. The van der Waals surface area contributed by atoms with Crippen molar-refractivity contribution < 1.29 is 9.84 Å². The quantitative estimate of drug-likeness (QED) is 0.733. The fourth-order valence-corrected chi connectivity index (χ4v) is 2.17. The van der Waals surface area contributed by atoms with Crippen molar-refractivity contribution in [1.29, 1.82) is 0 Å². The average molecular weight is 186 g/mol. The van der Waals surface area contributed by atoms with Crippen LogP contribution in [0.1, 0.15) is 46.5 Å². The summed E-state index contributed by atoms with van der Waals surface area (Å²) in [5.41, 5.74) is -0.503. The van der Waals surface area contributed by atoms with Crippen molar-refractivity contribution in [2.24, 2.45) is 5.92 Å². The molecule has 1 rings (SSSR count). The molecule has 0 heterocycles. The molecule has 1 N–H and O–H groups in total.